The predicted octanol–water partition coefficient (Wildman–Crippen LogP) is 2.15. The number of aromatic amines is 1. The van der Waals surface area contributed by atoms with Crippen LogP contribution in [0.15, 0.2) is 65.7 Å². The number of rotatable bonds is 4. The van der Waals surface area contributed by atoms with Crippen LogP contribution in [0.3, 0.4) is 0 Å². The topological polar surface area (TPSA) is 79.3 Å². The Morgan fingerprint density at radius 2 is 2.00 bits per heavy atom. The average Bonchev–Trinajstić information content (AvgIpc) is 3.04. The van der Waals surface area contributed by atoms with Crippen LogP contribution >= 0.6 is 0 Å². The molecule has 1 aromatic carbocycles. The van der Waals surface area contributed by atoms with Crippen molar-refractivity contribution in [3.63, 3.8) is 0 Å². The summed E-state index contributed by atoms with van der Waals surface area (Å²) in [7, 11) is 0. The SMILES string of the molecule is O=C(NCCc1cn2ccccc2n1)c1cc2ccccc2c(=O)[nH]1. The first-order valence-corrected chi connectivity index (χ1v) is 8.03. The molecule has 4 aromatic rings. The summed E-state index contributed by atoms with van der Waals surface area (Å²) in [5.41, 5.74) is 1.78. The Balaban J connectivity index is 1.46. The van der Waals surface area contributed by atoms with Crippen LogP contribution in [0.5, 0.6) is 0 Å². The third kappa shape index (κ3) is 3.01. The smallest absolute Gasteiger partial charge is 0.267 e. The van der Waals surface area contributed by atoms with Crippen LogP contribution in [0.4, 0.5) is 0 Å². The molecule has 3 heterocycles. The summed E-state index contributed by atoms with van der Waals surface area (Å²) in [5, 5.41) is 4.15. The van der Waals surface area contributed by atoms with Crippen molar-refractivity contribution < 1.29 is 4.79 Å². The molecule has 0 radical (unpaired) electrons. The van der Waals surface area contributed by atoms with Crippen molar-refractivity contribution in [2.45, 2.75) is 6.42 Å². The van der Waals surface area contributed by atoms with Crippen LogP contribution in [-0.4, -0.2) is 26.8 Å². The Labute approximate surface area is 143 Å². The number of benzene rings is 1. The van der Waals surface area contributed by atoms with Crippen molar-refractivity contribution in [1.82, 2.24) is 19.7 Å². The zero-order valence-corrected chi connectivity index (χ0v) is 13.4. The number of hydrogen-bond acceptors (Lipinski definition) is 3. The van der Waals surface area contributed by atoms with Crippen LogP contribution < -0.4 is 10.9 Å². The second-order valence-electron chi connectivity index (χ2n) is 5.80. The Morgan fingerprint density at radius 1 is 1.16 bits per heavy atom. The summed E-state index contributed by atoms with van der Waals surface area (Å²) in [4.78, 5) is 31.5. The van der Waals surface area contributed by atoms with E-state index in [0.29, 0.717) is 18.4 Å². The molecule has 0 aliphatic rings. The summed E-state index contributed by atoms with van der Waals surface area (Å²) in [5.74, 6) is -0.299. The molecule has 25 heavy (non-hydrogen) atoms. The second-order valence-corrected chi connectivity index (χ2v) is 5.80. The third-order valence-electron chi connectivity index (χ3n) is 4.08. The van der Waals surface area contributed by atoms with Gasteiger partial charge < -0.3 is 14.7 Å². The van der Waals surface area contributed by atoms with Gasteiger partial charge in [0.25, 0.3) is 11.5 Å². The number of pyridine rings is 2. The molecular weight excluding hydrogens is 316 g/mol. The standard InChI is InChI=1S/C19H16N4O2/c24-18-15-6-2-1-5-13(15)11-16(22-18)19(25)20-9-8-14-12-23-10-4-3-7-17(23)21-14/h1-7,10-12H,8-9H2,(H,20,25)(H,22,24). The minimum Gasteiger partial charge on any atom is -0.350 e. The monoisotopic (exact) mass is 332 g/mol. The molecule has 0 fully saturated rings. The maximum absolute atomic E-state index is 12.3. The molecule has 0 unspecified atom stereocenters. The minimum absolute atomic E-state index is 0.261. The first kappa shape index (κ1) is 15.1. The minimum atomic E-state index is -0.299. The number of amides is 1. The second kappa shape index (κ2) is 6.24. The molecule has 0 aliphatic heterocycles. The van der Waals surface area contributed by atoms with Crippen molar-refractivity contribution in [2.24, 2.45) is 0 Å². The summed E-state index contributed by atoms with van der Waals surface area (Å²) >= 11 is 0. The van der Waals surface area contributed by atoms with Gasteiger partial charge in [0.05, 0.1) is 5.69 Å². The molecule has 1 amide bonds. The van der Waals surface area contributed by atoms with Crippen molar-refractivity contribution in [3.05, 3.63) is 82.7 Å². The largest absolute Gasteiger partial charge is 0.350 e. The van der Waals surface area contributed by atoms with E-state index in [4.69, 9.17) is 0 Å². The van der Waals surface area contributed by atoms with E-state index in [-0.39, 0.29) is 17.2 Å². The molecule has 0 atom stereocenters. The molecule has 2 N–H and O–H groups in total. The van der Waals surface area contributed by atoms with Crippen LogP contribution in [0, 0.1) is 0 Å². The molecule has 6 heteroatoms. The molecule has 0 spiro atoms. The Morgan fingerprint density at radius 3 is 2.88 bits per heavy atom. The fourth-order valence-electron chi connectivity index (χ4n) is 2.84. The zero-order chi connectivity index (χ0) is 17.2. The van der Waals surface area contributed by atoms with E-state index in [1.807, 2.05) is 47.1 Å². The Hall–Kier alpha value is -3.41. The van der Waals surface area contributed by atoms with E-state index in [1.54, 1.807) is 18.2 Å². The quantitative estimate of drug-likeness (QED) is 0.601. The number of nitrogens with zero attached hydrogens (tertiary/aromatic N) is 2. The number of carbonyl (C=O) groups is 1. The van der Waals surface area contributed by atoms with E-state index < -0.39 is 0 Å². The molecule has 3 aromatic heterocycles. The Kier molecular flexibility index (Phi) is 3.78. The van der Waals surface area contributed by atoms with Crippen molar-refractivity contribution in [2.75, 3.05) is 6.54 Å². The van der Waals surface area contributed by atoms with Gasteiger partial charge in [-0.15, -0.1) is 0 Å². The summed E-state index contributed by atoms with van der Waals surface area (Å²) in [6, 6.07) is 14.7. The first-order valence-electron chi connectivity index (χ1n) is 8.03. The molecule has 0 bridgehead atoms. The lowest BCUT2D eigenvalue weighted by Gasteiger charge is -2.05. The van der Waals surface area contributed by atoms with Gasteiger partial charge in [0, 0.05) is 30.7 Å². The van der Waals surface area contributed by atoms with Gasteiger partial charge in [0.2, 0.25) is 0 Å². The van der Waals surface area contributed by atoms with Crippen LogP contribution in [-0.2, 0) is 6.42 Å². The number of carbonyl (C=O) groups excluding carboxylic acids is 1. The lowest BCUT2D eigenvalue weighted by atomic mass is 10.1. The highest BCUT2D eigenvalue weighted by Crippen LogP contribution is 2.10. The highest BCUT2D eigenvalue weighted by molar-refractivity contribution is 5.96. The number of imidazole rings is 1. The average molecular weight is 332 g/mol. The molecule has 0 saturated heterocycles. The van der Waals surface area contributed by atoms with Crippen LogP contribution in [0.2, 0.25) is 0 Å². The number of fused-ring (bicyclic) bond motifs is 2. The fraction of sp³-hybridized carbons (Fsp3) is 0.105. The fourth-order valence-corrected chi connectivity index (χ4v) is 2.84. The highest BCUT2D eigenvalue weighted by Gasteiger charge is 2.09. The van der Waals surface area contributed by atoms with Crippen LogP contribution in [0.1, 0.15) is 16.2 Å². The van der Waals surface area contributed by atoms with Crippen molar-refractivity contribution in [3.8, 4) is 0 Å². The maximum Gasteiger partial charge on any atom is 0.267 e. The van der Waals surface area contributed by atoms with Crippen LogP contribution in [0.25, 0.3) is 16.4 Å². The van der Waals surface area contributed by atoms with Gasteiger partial charge in [-0.2, -0.15) is 0 Å². The molecule has 0 aliphatic carbocycles. The predicted molar refractivity (Wildman–Crippen MR) is 95.8 cm³/mol. The first-order chi connectivity index (χ1) is 12.2. The lowest BCUT2D eigenvalue weighted by molar-refractivity contribution is 0.0949. The molecule has 124 valence electrons. The zero-order valence-electron chi connectivity index (χ0n) is 13.4. The lowest BCUT2D eigenvalue weighted by Crippen LogP contribution is -2.28. The van der Waals surface area contributed by atoms with Gasteiger partial charge in [-0.25, -0.2) is 4.98 Å². The van der Waals surface area contributed by atoms with Gasteiger partial charge in [-0.05, 0) is 29.7 Å². The summed E-state index contributed by atoms with van der Waals surface area (Å²) < 4.78 is 1.94. The number of H-pyrrole nitrogens is 1. The van der Waals surface area contributed by atoms with Crippen molar-refractivity contribution in [1.29, 1.82) is 0 Å². The molecule has 0 saturated carbocycles. The summed E-state index contributed by atoms with van der Waals surface area (Å²) in [6.45, 7) is 0.442. The van der Waals surface area contributed by atoms with Gasteiger partial charge in [-0.3, -0.25) is 9.59 Å². The van der Waals surface area contributed by atoms with Gasteiger partial charge in [0.1, 0.15) is 11.3 Å². The number of nitrogens with one attached hydrogen (secondary N) is 2. The number of hydrogen-bond donors (Lipinski definition) is 2. The Bertz CT molecular complexity index is 1090. The van der Waals surface area contributed by atoms with E-state index in [0.717, 1.165) is 16.7 Å². The van der Waals surface area contributed by atoms with Gasteiger partial charge >= 0.3 is 0 Å². The van der Waals surface area contributed by atoms with E-state index in [9.17, 15) is 9.59 Å². The van der Waals surface area contributed by atoms with E-state index in [1.165, 1.54) is 0 Å². The third-order valence-corrected chi connectivity index (χ3v) is 4.08. The maximum atomic E-state index is 12.3. The number of aromatic nitrogens is 3. The van der Waals surface area contributed by atoms with E-state index in [2.05, 4.69) is 15.3 Å². The van der Waals surface area contributed by atoms with Gasteiger partial charge in [-0.1, -0.05) is 24.3 Å². The van der Waals surface area contributed by atoms with E-state index >= 15 is 0 Å². The normalized spacial score (nSPS) is 11.0. The summed E-state index contributed by atoms with van der Waals surface area (Å²) in [6.07, 6.45) is 4.49. The molecule has 6 nitrogen and oxygen atoms in total. The molecule has 4 rings (SSSR count). The van der Waals surface area contributed by atoms with Crippen molar-refractivity contribution >= 4 is 22.3 Å². The molecular formula is C19H16N4O2. The van der Waals surface area contributed by atoms with Gasteiger partial charge in [0.15, 0.2) is 0 Å². The highest BCUT2D eigenvalue weighted by atomic mass is 16.2.